The minimum atomic E-state index is -0.382. The molecule has 0 bridgehead atoms. The zero-order chi connectivity index (χ0) is 26.5. The number of benzene rings is 3. The van der Waals surface area contributed by atoms with E-state index in [1.54, 1.807) is 50.4 Å². The van der Waals surface area contributed by atoms with Crippen molar-refractivity contribution in [3.63, 3.8) is 0 Å². The van der Waals surface area contributed by atoms with Crippen LogP contribution in [0.2, 0.25) is 0 Å². The number of aryl methyl sites for hydroxylation is 2. The lowest BCUT2D eigenvalue weighted by molar-refractivity contribution is -0.121. The Hall–Kier alpha value is -3.91. The number of esters is 1. The maximum Gasteiger partial charge on any atom is 0.338 e. The van der Waals surface area contributed by atoms with E-state index in [0.29, 0.717) is 34.5 Å². The fourth-order valence-corrected chi connectivity index (χ4v) is 4.82. The highest BCUT2D eigenvalue weighted by atomic mass is 32.2. The molecule has 4 rings (SSSR count). The number of carbonyl (C=O) groups is 2. The van der Waals surface area contributed by atoms with E-state index < -0.39 is 0 Å². The van der Waals surface area contributed by atoms with Gasteiger partial charge in [-0.25, -0.2) is 14.2 Å². The number of rotatable bonds is 7. The van der Waals surface area contributed by atoms with Gasteiger partial charge in [0.2, 0.25) is 0 Å². The Morgan fingerprint density at radius 1 is 1.05 bits per heavy atom. The van der Waals surface area contributed by atoms with Gasteiger partial charge in [0, 0.05) is 7.05 Å². The second-order valence-corrected chi connectivity index (χ2v) is 9.54. The predicted octanol–water partition coefficient (Wildman–Crippen LogP) is 6.43. The highest BCUT2D eigenvalue weighted by molar-refractivity contribution is 8.18. The molecule has 1 aliphatic rings. The molecule has 1 amide bonds. The van der Waals surface area contributed by atoms with Crippen molar-refractivity contribution < 1.29 is 23.5 Å². The molecule has 0 saturated carbocycles. The average molecular weight is 519 g/mol. The second kappa shape index (κ2) is 11.4. The molecule has 190 valence electrons. The lowest BCUT2D eigenvalue weighted by Gasteiger charge is -2.13. The molecule has 1 saturated heterocycles. The van der Waals surface area contributed by atoms with E-state index in [4.69, 9.17) is 9.47 Å². The van der Waals surface area contributed by atoms with Crippen LogP contribution in [0.3, 0.4) is 0 Å². The maximum absolute atomic E-state index is 13.1. The first-order valence-corrected chi connectivity index (χ1v) is 12.6. The van der Waals surface area contributed by atoms with E-state index in [1.807, 2.05) is 32.1 Å². The van der Waals surface area contributed by atoms with Crippen LogP contribution in [0.5, 0.6) is 5.75 Å². The molecule has 6 nitrogen and oxygen atoms in total. The van der Waals surface area contributed by atoms with E-state index in [-0.39, 0.29) is 17.7 Å². The number of amides is 1. The van der Waals surface area contributed by atoms with Crippen LogP contribution in [-0.2, 0) is 16.1 Å². The minimum Gasteiger partial charge on any atom is -0.488 e. The van der Waals surface area contributed by atoms with Gasteiger partial charge in [0.05, 0.1) is 22.8 Å². The van der Waals surface area contributed by atoms with Gasteiger partial charge < -0.3 is 9.47 Å². The smallest absolute Gasteiger partial charge is 0.338 e. The van der Waals surface area contributed by atoms with Crippen molar-refractivity contribution in [3.05, 3.63) is 99.2 Å². The number of nitrogens with zero attached hydrogens (tertiary/aromatic N) is 2. The highest BCUT2D eigenvalue weighted by Gasteiger charge is 2.30. The van der Waals surface area contributed by atoms with Crippen molar-refractivity contribution >= 4 is 40.6 Å². The Bertz CT molecular complexity index is 1360. The molecule has 0 atom stereocenters. The molecule has 3 aromatic carbocycles. The first kappa shape index (κ1) is 26.2. The summed E-state index contributed by atoms with van der Waals surface area (Å²) in [6, 6.07) is 16.9. The van der Waals surface area contributed by atoms with Crippen LogP contribution in [0.1, 0.15) is 39.5 Å². The van der Waals surface area contributed by atoms with Gasteiger partial charge in [-0.3, -0.25) is 9.69 Å². The number of hydrogen-bond donors (Lipinski definition) is 0. The summed E-state index contributed by atoms with van der Waals surface area (Å²) < 4.78 is 24.2. The molecule has 0 radical (unpaired) electrons. The van der Waals surface area contributed by atoms with Crippen LogP contribution >= 0.6 is 11.8 Å². The number of likely N-dealkylation sites (N-methyl/N-ethyl adjacent to an activating group) is 1. The summed E-state index contributed by atoms with van der Waals surface area (Å²) in [4.78, 5) is 31.4. The molecular formula is C29H27FN2O4S. The normalized spacial score (nSPS) is 15.5. The molecule has 0 unspecified atom stereocenters. The van der Waals surface area contributed by atoms with Crippen molar-refractivity contribution in [1.82, 2.24) is 4.90 Å². The van der Waals surface area contributed by atoms with Crippen molar-refractivity contribution in [2.75, 3.05) is 13.7 Å². The zero-order valence-corrected chi connectivity index (χ0v) is 21.9. The Kier molecular flexibility index (Phi) is 8.08. The molecule has 0 N–H and O–H groups in total. The van der Waals surface area contributed by atoms with Crippen LogP contribution in [0, 0.1) is 19.7 Å². The van der Waals surface area contributed by atoms with E-state index in [1.165, 1.54) is 28.8 Å². The van der Waals surface area contributed by atoms with Gasteiger partial charge in [-0.05, 0) is 109 Å². The number of hydrogen-bond acceptors (Lipinski definition) is 6. The quantitative estimate of drug-likeness (QED) is 0.266. The molecule has 37 heavy (non-hydrogen) atoms. The van der Waals surface area contributed by atoms with Crippen LogP contribution in [-0.4, -0.2) is 35.6 Å². The van der Waals surface area contributed by atoms with Crippen LogP contribution in [0.25, 0.3) is 6.08 Å². The first-order chi connectivity index (χ1) is 17.7. The lowest BCUT2D eigenvalue weighted by atomic mass is 10.0. The summed E-state index contributed by atoms with van der Waals surface area (Å²) in [6.45, 7) is 6.32. The topological polar surface area (TPSA) is 68.2 Å². The first-order valence-electron chi connectivity index (χ1n) is 11.8. The summed E-state index contributed by atoms with van der Waals surface area (Å²) >= 11 is 1.29. The van der Waals surface area contributed by atoms with Gasteiger partial charge in [-0.1, -0.05) is 12.1 Å². The third-order valence-electron chi connectivity index (χ3n) is 5.68. The predicted molar refractivity (Wildman–Crippen MR) is 144 cm³/mol. The van der Waals surface area contributed by atoms with Gasteiger partial charge in [0.15, 0.2) is 5.17 Å². The number of halogens is 1. The van der Waals surface area contributed by atoms with E-state index in [2.05, 4.69) is 4.99 Å². The lowest BCUT2D eigenvalue weighted by Crippen LogP contribution is -2.23. The van der Waals surface area contributed by atoms with Gasteiger partial charge in [-0.2, -0.15) is 0 Å². The summed E-state index contributed by atoms with van der Waals surface area (Å²) in [5.74, 6) is -0.0353. The number of amidine groups is 1. The van der Waals surface area contributed by atoms with Crippen LogP contribution in [0.15, 0.2) is 70.6 Å². The Morgan fingerprint density at radius 2 is 1.70 bits per heavy atom. The van der Waals surface area contributed by atoms with Gasteiger partial charge in [0.25, 0.3) is 5.91 Å². The molecule has 1 aliphatic heterocycles. The summed E-state index contributed by atoms with van der Waals surface area (Å²) in [5.41, 5.74) is 4.72. The number of carbonyl (C=O) groups excluding carboxylic acids is 2. The molecule has 3 aromatic rings. The molecule has 0 spiro atoms. The molecule has 0 aliphatic carbocycles. The van der Waals surface area contributed by atoms with Crippen LogP contribution < -0.4 is 4.74 Å². The second-order valence-electron chi connectivity index (χ2n) is 8.54. The minimum absolute atomic E-state index is 0.140. The third kappa shape index (κ3) is 6.27. The molecular weight excluding hydrogens is 491 g/mol. The summed E-state index contributed by atoms with van der Waals surface area (Å²) in [7, 11) is 1.69. The van der Waals surface area contributed by atoms with Crippen molar-refractivity contribution in [2.45, 2.75) is 27.4 Å². The monoisotopic (exact) mass is 518 g/mol. The standard InChI is InChI=1S/C29H27FN2O4S/c1-5-35-28(34)22-8-12-24(13-9-22)31-29-32(4)27(33)25(37-29)16-21-14-18(2)26(19(3)15-21)36-17-20-6-10-23(30)11-7-20/h6-16H,5,17H2,1-4H3/b25-16-,31-29?. The van der Waals surface area contributed by atoms with E-state index in [0.717, 1.165) is 28.0 Å². The summed E-state index contributed by atoms with van der Waals surface area (Å²) in [5, 5.41) is 0.549. The van der Waals surface area contributed by atoms with E-state index >= 15 is 0 Å². The highest BCUT2D eigenvalue weighted by Crippen LogP contribution is 2.34. The van der Waals surface area contributed by atoms with E-state index in [9.17, 15) is 14.0 Å². The molecule has 0 aromatic heterocycles. The number of aliphatic imine (C=N–C) groups is 1. The van der Waals surface area contributed by atoms with Gasteiger partial charge in [0.1, 0.15) is 18.2 Å². The zero-order valence-electron chi connectivity index (χ0n) is 21.1. The number of thioether (sulfide) groups is 1. The largest absolute Gasteiger partial charge is 0.488 e. The molecule has 8 heteroatoms. The van der Waals surface area contributed by atoms with Crippen molar-refractivity contribution in [3.8, 4) is 5.75 Å². The fraction of sp³-hybridized carbons (Fsp3) is 0.207. The third-order valence-corrected chi connectivity index (χ3v) is 6.74. The molecule has 1 fully saturated rings. The Morgan fingerprint density at radius 3 is 2.32 bits per heavy atom. The van der Waals surface area contributed by atoms with Crippen molar-refractivity contribution in [2.24, 2.45) is 4.99 Å². The fourth-order valence-electron chi connectivity index (χ4n) is 3.83. The Labute approximate surface area is 219 Å². The average Bonchev–Trinajstić information content (AvgIpc) is 3.12. The van der Waals surface area contributed by atoms with Crippen LogP contribution in [0.4, 0.5) is 10.1 Å². The van der Waals surface area contributed by atoms with Crippen molar-refractivity contribution in [1.29, 1.82) is 0 Å². The SMILES string of the molecule is CCOC(=O)c1ccc(N=C2S/C(=C\c3cc(C)c(OCc4ccc(F)cc4)c(C)c3)C(=O)N2C)cc1. The van der Waals surface area contributed by atoms with Gasteiger partial charge >= 0.3 is 5.97 Å². The summed E-state index contributed by atoms with van der Waals surface area (Å²) in [6.07, 6.45) is 1.85. The molecule has 1 heterocycles. The number of ether oxygens (including phenoxy) is 2. The maximum atomic E-state index is 13.1. The van der Waals surface area contributed by atoms with Gasteiger partial charge in [-0.15, -0.1) is 0 Å². The Balaban J connectivity index is 1.49.